The predicted octanol–water partition coefficient (Wildman–Crippen LogP) is 3.34. The van der Waals surface area contributed by atoms with Gasteiger partial charge in [-0.1, -0.05) is 33.1 Å². The first-order chi connectivity index (χ1) is 8.13. The fraction of sp³-hybridized carbons (Fsp3) is 1.00. The van der Waals surface area contributed by atoms with Crippen LogP contribution in [0, 0.1) is 11.8 Å². The first-order valence-corrected chi connectivity index (χ1v) is 7.55. The van der Waals surface area contributed by atoms with Gasteiger partial charge in [0.05, 0.1) is 6.10 Å². The van der Waals surface area contributed by atoms with Crippen LogP contribution in [0.2, 0.25) is 0 Å². The molecule has 2 N–H and O–H groups in total. The van der Waals surface area contributed by atoms with Crippen LogP contribution in [-0.4, -0.2) is 23.8 Å². The molecule has 102 valence electrons. The molecule has 0 bridgehead atoms. The molecule has 2 heteroatoms. The molecular formula is C15H31NO. The van der Waals surface area contributed by atoms with Crippen molar-refractivity contribution >= 4 is 0 Å². The summed E-state index contributed by atoms with van der Waals surface area (Å²) in [4.78, 5) is 0. The zero-order chi connectivity index (χ0) is 12.7. The van der Waals surface area contributed by atoms with E-state index in [1.807, 2.05) is 6.92 Å². The summed E-state index contributed by atoms with van der Waals surface area (Å²) >= 11 is 0. The highest BCUT2D eigenvalue weighted by atomic mass is 16.3. The van der Waals surface area contributed by atoms with Gasteiger partial charge in [0.1, 0.15) is 0 Å². The van der Waals surface area contributed by atoms with Crippen molar-refractivity contribution in [2.24, 2.45) is 11.8 Å². The molecule has 0 amide bonds. The number of hydrogen-bond donors (Lipinski definition) is 2. The van der Waals surface area contributed by atoms with Crippen LogP contribution in [0.15, 0.2) is 0 Å². The molecule has 1 rings (SSSR count). The van der Waals surface area contributed by atoms with Gasteiger partial charge in [-0.2, -0.15) is 0 Å². The summed E-state index contributed by atoms with van der Waals surface area (Å²) in [7, 11) is 0. The van der Waals surface area contributed by atoms with Crippen molar-refractivity contribution in [1.29, 1.82) is 0 Å². The maximum absolute atomic E-state index is 9.36. The van der Waals surface area contributed by atoms with Crippen molar-refractivity contribution in [2.75, 3.05) is 6.54 Å². The molecule has 0 saturated heterocycles. The van der Waals surface area contributed by atoms with E-state index in [1.165, 1.54) is 38.5 Å². The number of unbranched alkanes of at least 4 members (excludes halogenated alkanes) is 1. The fourth-order valence-corrected chi connectivity index (χ4v) is 3.14. The average molecular weight is 241 g/mol. The van der Waals surface area contributed by atoms with Gasteiger partial charge in [-0.25, -0.2) is 0 Å². The molecule has 4 unspecified atom stereocenters. The second-order valence-corrected chi connectivity index (χ2v) is 6.04. The zero-order valence-corrected chi connectivity index (χ0v) is 11.9. The lowest BCUT2D eigenvalue weighted by atomic mass is 9.96. The molecule has 0 aliphatic heterocycles. The van der Waals surface area contributed by atoms with Crippen molar-refractivity contribution in [3.63, 3.8) is 0 Å². The van der Waals surface area contributed by atoms with Gasteiger partial charge in [0.25, 0.3) is 0 Å². The molecule has 0 radical (unpaired) electrons. The molecule has 0 aromatic heterocycles. The average Bonchev–Trinajstić information content (AvgIpc) is 2.70. The van der Waals surface area contributed by atoms with Gasteiger partial charge in [-0.05, 0) is 51.0 Å². The highest BCUT2D eigenvalue weighted by molar-refractivity contribution is 4.83. The van der Waals surface area contributed by atoms with E-state index >= 15 is 0 Å². The summed E-state index contributed by atoms with van der Waals surface area (Å²) in [5.41, 5.74) is 0. The van der Waals surface area contributed by atoms with Gasteiger partial charge in [-0.15, -0.1) is 0 Å². The van der Waals surface area contributed by atoms with Crippen molar-refractivity contribution < 1.29 is 5.11 Å². The van der Waals surface area contributed by atoms with Crippen LogP contribution in [0.4, 0.5) is 0 Å². The lowest BCUT2D eigenvalue weighted by molar-refractivity contribution is 0.161. The number of rotatable bonds is 8. The Hall–Kier alpha value is -0.0800. The minimum Gasteiger partial charge on any atom is -0.393 e. The summed E-state index contributed by atoms with van der Waals surface area (Å²) in [6.45, 7) is 7.46. The molecule has 1 aliphatic rings. The van der Waals surface area contributed by atoms with E-state index in [0.717, 1.165) is 24.9 Å². The van der Waals surface area contributed by atoms with Crippen LogP contribution >= 0.6 is 0 Å². The van der Waals surface area contributed by atoms with Gasteiger partial charge in [-0.3, -0.25) is 0 Å². The van der Waals surface area contributed by atoms with Crippen molar-refractivity contribution in [3.05, 3.63) is 0 Å². The topological polar surface area (TPSA) is 32.3 Å². The van der Waals surface area contributed by atoms with E-state index in [1.54, 1.807) is 0 Å². The Balaban J connectivity index is 2.20. The summed E-state index contributed by atoms with van der Waals surface area (Å²) < 4.78 is 0. The summed E-state index contributed by atoms with van der Waals surface area (Å²) in [5, 5.41) is 13.1. The molecule has 0 heterocycles. The molecule has 4 atom stereocenters. The molecule has 0 spiro atoms. The quantitative estimate of drug-likeness (QED) is 0.683. The van der Waals surface area contributed by atoms with Gasteiger partial charge in [0, 0.05) is 6.04 Å². The zero-order valence-electron chi connectivity index (χ0n) is 11.9. The standard InChI is InChI=1S/C15H31NO/c1-4-5-7-14-8-6-9-15(14)16-11-12(2)10-13(3)17/h12-17H,4-11H2,1-3H3. The number of aliphatic hydroxyl groups is 1. The first kappa shape index (κ1) is 15.0. The molecule has 1 saturated carbocycles. The summed E-state index contributed by atoms with van der Waals surface area (Å²) in [5.74, 6) is 1.50. The summed E-state index contributed by atoms with van der Waals surface area (Å²) in [6, 6.07) is 0.748. The Labute approximate surface area is 107 Å². The third-order valence-corrected chi connectivity index (χ3v) is 4.06. The number of hydrogen-bond acceptors (Lipinski definition) is 2. The molecular weight excluding hydrogens is 210 g/mol. The smallest absolute Gasteiger partial charge is 0.0515 e. The van der Waals surface area contributed by atoms with Gasteiger partial charge in [0.2, 0.25) is 0 Å². The molecule has 0 aromatic carbocycles. The van der Waals surface area contributed by atoms with Gasteiger partial charge < -0.3 is 10.4 Å². The predicted molar refractivity (Wildman–Crippen MR) is 74.1 cm³/mol. The van der Waals surface area contributed by atoms with E-state index in [0.29, 0.717) is 5.92 Å². The van der Waals surface area contributed by atoms with Crippen LogP contribution in [0.5, 0.6) is 0 Å². The Morgan fingerprint density at radius 2 is 2.06 bits per heavy atom. The maximum Gasteiger partial charge on any atom is 0.0515 e. The van der Waals surface area contributed by atoms with Crippen LogP contribution in [0.25, 0.3) is 0 Å². The third kappa shape index (κ3) is 5.87. The van der Waals surface area contributed by atoms with E-state index < -0.39 is 0 Å². The van der Waals surface area contributed by atoms with E-state index in [4.69, 9.17) is 0 Å². The van der Waals surface area contributed by atoms with Crippen molar-refractivity contribution in [1.82, 2.24) is 5.32 Å². The maximum atomic E-state index is 9.36. The lowest BCUT2D eigenvalue weighted by Gasteiger charge is -2.23. The monoisotopic (exact) mass is 241 g/mol. The largest absolute Gasteiger partial charge is 0.393 e. The van der Waals surface area contributed by atoms with Crippen LogP contribution in [0.1, 0.15) is 65.7 Å². The lowest BCUT2D eigenvalue weighted by Crippen LogP contribution is -2.36. The summed E-state index contributed by atoms with van der Waals surface area (Å²) in [6.07, 6.45) is 9.03. The van der Waals surface area contributed by atoms with E-state index in [9.17, 15) is 5.11 Å². The normalized spacial score (nSPS) is 28.2. The number of aliphatic hydroxyl groups excluding tert-OH is 1. The van der Waals surface area contributed by atoms with Gasteiger partial charge >= 0.3 is 0 Å². The van der Waals surface area contributed by atoms with Crippen LogP contribution < -0.4 is 5.32 Å². The minimum absolute atomic E-state index is 0.161. The van der Waals surface area contributed by atoms with E-state index in [-0.39, 0.29) is 6.10 Å². The number of nitrogens with one attached hydrogen (secondary N) is 1. The SMILES string of the molecule is CCCCC1CCCC1NCC(C)CC(C)O. The highest BCUT2D eigenvalue weighted by Crippen LogP contribution is 2.30. The van der Waals surface area contributed by atoms with E-state index in [2.05, 4.69) is 19.2 Å². The molecule has 2 nitrogen and oxygen atoms in total. The first-order valence-electron chi connectivity index (χ1n) is 7.55. The Bertz CT molecular complexity index is 193. The van der Waals surface area contributed by atoms with Crippen LogP contribution in [-0.2, 0) is 0 Å². The van der Waals surface area contributed by atoms with Crippen molar-refractivity contribution in [3.8, 4) is 0 Å². The molecule has 1 fully saturated rings. The Morgan fingerprint density at radius 3 is 2.71 bits per heavy atom. The van der Waals surface area contributed by atoms with Gasteiger partial charge in [0.15, 0.2) is 0 Å². The minimum atomic E-state index is -0.161. The second-order valence-electron chi connectivity index (χ2n) is 6.04. The Kier molecular flexibility index (Phi) is 7.14. The van der Waals surface area contributed by atoms with Crippen molar-refractivity contribution in [2.45, 2.75) is 77.9 Å². The molecule has 17 heavy (non-hydrogen) atoms. The molecule has 0 aromatic rings. The Morgan fingerprint density at radius 1 is 1.29 bits per heavy atom. The fourth-order valence-electron chi connectivity index (χ4n) is 3.14. The highest BCUT2D eigenvalue weighted by Gasteiger charge is 2.26. The third-order valence-electron chi connectivity index (χ3n) is 4.06. The van der Waals surface area contributed by atoms with Crippen LogP contribution in [0.3, 0.4) is 0 Å². The second kappa shape index (κ2) is 8.10. The molecule has 1 aliphatic carbocycles.